The second-order valence-electron chi connectivity index (χ2n) is 5.84. The molecule has 1 aliphatic rings. The van der Waals surface area contributed by atoms with Crippen LogP contribution in [0.25, 0.3) is 0 Å². The molecule has 0 aromatic rings. The molecular formula is C15H32OSi. The number of unbranched alkanes of at least 4 members (excludes halogenated alkanes) is 3. The van der Waals surface area contributed by atoms with Crippen LogP contribution in [0.3, 0.4) is 0 Å². The first-order chi connectivity index (χ1) is 8.18. The molecule has 1 heterocycles. The van der Waals surface area contributed by atoms with Gasteiger partial charge in [0.05, 0.1) is 0 Å². The summed E-state index contributed by atoms with van der Waals surface area (Å²) in [5.41, 5.74) is 0.879. The first kappa shape index (κ1) is 15.2. The van der Waals surface area contributed by atoms with Gasteiger partial charge in [0.15, 0.2) is 8.32 Å². The highest BCUT2D eigenvalue weighted by Crippen LogP contribution is 2.41. The monoisotopic (exact) mass is 256 g/mol. The van der Waals surface area contributed by atoms with Gasteiger partial charge in [-0.15, -0.1) is 0 Å². The first-order valence-corrected chi connectivity index (χ1v) is 10.3. The van der Waals surface area contributed by atoms with Crippen molar-refractivity contribution in [3.05, 3.63) is 0 Å². The maximum atomic E-state index is 6.60. The minimum atomic E-state index is -1.37. The normalized spacial score (nSPS) is 28.2. The van der Waals surface area contributed by atoms with E-state index in [1.807, 2.05) is 0 Å². The molecule has 0 amide bonds. The van der Waals surface area contributed by atoms with Crippen LogP contribution in [0.4, 0.5) is 0 Å². The maximum absolute atomic E-state index is 6.60. The smallest absolute Gasteiger partial charge is 0.195 e. The highest BCUT2D eigenvalue weighted by molar-refractivity contribution is 6.75. The Labute approximate surface area is 109 Å². The zero-order valence-corrected chi connectivity index (χ0v) is 13.4. The largest absolute Gasteiger partial charge is 0.414 e. The van der Waals surface area contributed by atoms with Gasteiger partial charge in [0.25, 0.3) is 0 Å². The average molecular weight is 257 g/mol. The van der Waals surface area contributed by atoms with Crippen molar-refractivity contribution >= 4 is 8.32 Å². The van der Waals surface area contributed by atoms with E-state index < -0.39 is 8.32 Å². The Morgan fingerprint density at radius 1 is 1.00 bits per heavy atom. The minimum Gasteiger partial charge on any atom is -0.414 e. The molecule has 17 heavy (non-hydrogen) atoms. The Hall–Kier alpha value is 0.177. The van der Waals surface area contributed by atoms with E-state index in [9.17, 15) is 0 Å². The van der Waals surface area contributed by atoms with E-state index in [4.69, 9.17) is 4.43 Å². The Morgan fingerprint density at radius 3 is 2.29 bits per heavy atom. The summed E-state index contributed by atoms with van der Waals surface area (Å²) in [6.07, 6.45) is 10.2. The fourth-order valence-corrected chi connectivity index (χ4v) is 7.37. The Kier molecular flexibility index (Phi) is 6.79. The number of hydrogen-bond donors (Lipinski definition) is 0. The van der Waals surface area contributed by atoms with Crippen LogP contribution in [-0.2, 0) is 4.43 Å². The minimum absolute atomic E-state index is 0.606. The van der Waals surface area contributed by atoms with Crippen LogP contribution in [0, 0.1) is 0 Å². The van der Waals surface area contributed by atoms with Crippen molar-refractivity contribution in [1.29, 1.82) is 0 Å². The summed E-state index contributed by atoms with van der Waals surface area (Å²) in [5.74, 6) is 0. The summed E-state index contributed by atoms with van der Waals surface area (Å²) >= 11 is 0. The zero-order valence-electron chi connectivity index (χ0n) is 12.4. The van der Waals surface area contributed by atoms with Crippen molar-refractivity contribution in [3.63, 3.8) is 0 Å². The van der Waals surface area contributed by atoms with Crippen molar-refractivity contribution < 1.29 is 4.43 Å². The molecule has 2 atom stereocenters. The first-order valence-electron chi connectivity index (χ1n) is 7.86. The fourth-order valence-electron chi connectivity index (χ4n) is 3.32. The molecule has 1 fully saturated rings. The van der Waals surface area contributed by atoms with E-state index in [0.717, 1.165) is 5.54 Å². The van der Waals surface area contributed by atoms with Crippen molar-refractivity contribution in [2.45, 2.75) is 96.4 Å². The molecule has 1 nitrogen and oxygen atoms in total. The Balaban J connectivity index is 2.38. The van der Waals surface area contributed by atoms with Crippen LogP contribution in [0.15, 0.2) is 0 Å². The van der Waals surface area contributed by atoms with Gasteiger partial charge in [-0.25, -0.2) is 0 Å². The van der Waals surface area contributed by atoms with Crippen molar-refractivity contribution in [3.8, 4) is 0 Å². The summed E-state index contributed by atoms with van der Waals surface area (Å²) in [5, 5.41) is 0. The molecular weight excluding hydrogens is 224 g/mol. The van der Waals surface area contributed by atoms with E-state index in [1.54, 1.807) is 0 Å². The second kappa shape index (κ2) is 7.58. The molecule has 0 bridgehead atoms. The molecule has 0 radical (unpaired) electrons. The van der Waals surface area contributed by atoms with Gasteiger partial charge in [0.2, 0.25) is 0 Å². The quantitative estimate of drug-likeness (QED) is 0.431. The third kappa shape index (κ3) is 4.10. The summed E-state index contributed by atoms with van der Waals surface area (Å²) in [6.45, 7) is 9.43. The van der Waals surface area contributed by atoms with Crippen LogP contribution in [0.1, 0.15) is 72.6 Å². The maximum Gasteiger partial charge on any atom is 0.195 e. The summed E-state index contributed by atoms with van der Waals surface area (Å²) < 4.78 is 6.60. The molecule has 0 aliphatic carbocycles. The molecule has 2 heteroatoms. The molecule has 0 unspecified atom stereocenters. The van der Waals surface area contributed by atoms with Crippen LogP contribution in [-0.4, -0.2) is 14.4 Å². The van der Waals surface area contributed by atoms with E-state index in [0.29, 0.717) is 6.10 Å². The molecule has 0 N–H and O–H groups in total. The van der Waals surface area contributed by atoms with E-state index in [1.165, 1.54) is 57.0 Å². The van der Waals surface area contributed by atoms with Gasteiger partial charge >= 0.3 is 0 Å². The van der Waals surface area contributed by atoms with Gasteiger partial charge in [0.1, 0.15) is 0 Å². The van der Waals surface area contributed by atoms with E-state index in [-0.39, 0.29) is 0 Å². The molecule has 1 rings (SSSR count). The Morgan fingerprint density at radius 2 is 1.71 bits per heavy atom. The molecule has 0 aromatic carbocycles. The lowest BCUT2D eigenvalue weighted by Crippen LogP contribution is -2.47. The third-order valence-corrected chi connectivity index (χ3v) is 10.1. The predicted molar refractivity (Wildman–Crippen MR) is 79.0 cm³/mol. The summed E-state index contributed by atoms with van der Waals surface area (Å²) in [6, 6.07) is 2.63. The van der Waals surface area contributed by atoms with Crippen LogP contribution < -0.4 is 0 Å². The second-order valence-corrected chi connectivity index (χ2v) is 10.6. The van der Waals surface area contributed by atoms with Crippen molar-refractivity contribution in [2.24, 2.45) is 0 Å². The van der Waals surface area contributed by atoms with E-state index in [2.05, 4.69) is 27.7 Å². The highest BCUT2D eigenvalue weighted by Gasteiger charge is 2.42. The standard InChI is InChI=1S/C15H32OSi/c1-5-8-9-10-11-15-13-12-14(4)17(6-2,7-3)16-15/h14-15H,5-13H2,1-4H3/t14-,15-/m0/s1. The van der Waals surface area contributed by atoms with Crippen LogP contribution >= 0.6 is 0 Å². The van der Waals surface area contributed by atoms with Gasteiger partial charge < -0.3 is 4.43 Å². The molecule has 1 aliphatic heterocycles. The molecule has 0 aromatic heterocycles. The van der Waals surface area contributed by atoms with Gasteiger partial charge in [-0.05, 0) is 36.9 Å². The molecule has 0 spiro atoms. The van der Waals surface area contributed by atoms with E-state index >= 15 is 0 Å². The lowest BCUT2D eigenvalue weighted by molar-refractivity contribution is 0.132. The lowest BCUT2D eigenvalue weighted by Gasteiger charge is -2.43. The number of rotatable bonds is 7. The molecule has 1 saturated heterocycles. The average Bonchev–Trinajstić information content (AvgIpc) is 2.37. The van der Waals surface area contributed by atoms with Gasteiger partial charge in [-0.2, -0.15) is 0 Å². The topological polar surface area (TPSA) is 9.23 Å². The van der Waals surface area contributed by atoms with Gasteiger partial charge in [-0.1, -0.05) is 53.4 Å². The summed E-state index contributed by atoms with van der Waals surface area (Å²) in [7, 11) is -1.37. The predicted octanol–water partition coefficient (Wildman–Crippen LogP) is 5.51. The molecule has 102 valence electrons. The Bertz CT molecular complexity index is 201. The lowest BCUT2D eigenvalue weighted by atomic mass is 10.0. The third-order valence-electron chi connectivity index (χ3n) is 4.80. The van der Waals surface area contributed by atoms with Crippen molar-refractivity contribution in [2.75, 3.05) is 0 Å². The zero-order chi connectivity index (χ0) is 12.7. The van der Waals surface area contributed by atoms with Gasteiger partial charge in [0, 0.05) is 6.10 Å². The van der Waals surface area contributed by atoms with Gasteiger partial charge in [-0.3, -0.25) is 0 Å². The van der Waals surface area contributed by atoms with Crippen LogP contribution in [0.2, 0.25) is 17.6 Å². The van der Waals surface area contributed by atoms with Crippen molar-refractivity contribution in [1.82, 2.24) is 0 Å². The molecule has 0 saturated carbocycles. The fraction of sp³-hybridized carbons (Fsp3) is 1.00. The number of hydrogen-bond acceptors (Lipinski definition) is 1. The van der Waals surface area contributed by atoms with Crippen LogP contribution in [0.5, 0.6) is 0 Å². The highest BCUT2D eigenvalue weighted by atomic mass is 28.4. The summed E-state index contributed by atoms with van der Waals surface area (Å²) in [4.78, 5) is 0. The SMILES string of the molecule is CCCCCC[C@H]1CC[C@H](C)[Si](CC)(CC)O1.